The minimum atomic E-state index is -0.324. The second kappa shape index (κ2) is 8.06. The minimum absolute atomic E-state index is 0.324. The summed E-state index contributed by atoms with van der Waals surface area (Å²) in [6.45, 7) is 0.400. The third-order valence-corrected chi connectivity index (χ3v) is 3.81. The van der Waals surface area contributed by atoms with E-state index in [0.717, 1.165) is 24.0 Å². The minimum Gasteiger partial charge on any atom is -0.462 e. The molecule has 0 unspecified atom stereocenters. The average molecular weight is 317 g/mol. The number of benzene rings is 2. The summed E-state index contributed by atoms with van der Waals surface area (Å²) in [6.07, 6.45) is 4.96. The Morgan fingerprint density at radius 2 is 1.62 bits per heavy atom. The van der Waals surface area contributed by atoms with E-state index in [2.05, 4.69) is 17.1 Å². The molecule has 24 heavy (non-hydrogen) atoms. The van der Waals surface area contributed by atoms with Crippen molar-refractivity contribution in [3.8, 4) is 11.1 Å². The van der Waals surface area contributed by atoms with Gasteiger partial charge in [0.15, 0.2) is 0 Å². The Morgan fingerprint density at radius 1 is 0.917 bits per heavy atom. The van der Waals surface area contributed by atoms with Gasteiger partial charge in [0.2, 0.25) is 0 Å². The molecule has 0 radical (unpaired) electrons. The number of aryl methyl sites for hydroxylation is 1. The standard InChI is InChI=1S/C21H19NO2/c23-21(24-15-7-10-17-8-3-1-4-9-17)20-16-22-14-13-19(20)18-11-5-2-6-12-18/h1-6,8-9,11-14,16H,7,10,15H2. The van der Waals surface area contributed by atoms with Crippen LogP contribution in [0.5, 0.6) is 0 Å². The molecule has 3 heteroatoms. The molecular weight excluding hydrogens is 298 g/mol. The Bertz CT molecular complexity index is 785. The first-order valence-electron chi connectivity index (χ1n) is 8.05. The lowest BCUT2D eigenvalue weighted by atomic mass is 10.0. The Morgan fingerprint density at radius 3 is 2.38 bits per heavy atom. The summed E-state index contributed by atoms with van der Waals surface area (Å²) < 4.78 is 5.43. The van der Waals surface area contributed by atoms with Crippen LogP contribution in [0.3, 0.4) is 0 Å². The number of carbonyl (C=O) groups is 1. The third-order valence-electron chi connectivity index (χ3n) is 3.81. The summed E-state index contributed by atoms with van der Waals surface area (Å²) in [5.41, 5.74) is 3.58. The van der Waals surface area contributed by atoms with Crippen LogP contribution in [-0.2, 0) is 11.2 Å². The molecular formula is C21H19NO2. The third kappa shape index (κ3) is 4.07. The van der Waals surface area contributed by atoms with Gasteiger partial charge in [0.1, 0.15) is 0 Å². The van der Waals surface area contributed by atoms with E-state index in [-0.39, 0.29) is 5.97 Å². The van der Waals surface area contributed by atoms with Crippen molar-refractivity contribution in [3.63, 3.8) is 0 Å². The summed E-state index contributed by atoms with van der Waals surface area (Å²) in [6, 6.07) is 21.8. The molecule has 0 aliphatic heterocycles. The SMILES string of the molecule is O=C(OCCCc1ccccc1)c1cnccc1-c1ccccc1. The number of carbonyl (C=O) groups excluding carboxylic acids is 1. The van der Waals surface area contributed by atoms with Gasteiger partial charge in [0.25, 0.3) is 0 Å². The zero-order chi connectivity index (χ0) is 16.6. The van der Waals surface area contributed by atoms with Crippen LogP contribution in [0.4, 0.5) is 0 Å². The van der Waals surface area contributed by atoms with E-state index in [1.165, 1.54) is 5.56 Å². The van der Waals surface area contributed by atoms with Crippen molar-refractivity contribution in [1.82, 2.24) is 4.98 Å². The zero-order valence-corrected chi connectivity index (χ0v) is 13.4. The molecule has 1 heterocycles. The number of rotatable bonds is 6. The molecule has 0 amide bonds. The number of nitrogens with zero attached hydrogens (tertiary/aromatic N) is 1. The van der Waals surface area contributed by atoms with Crippen molar-refractivity contribution in [1.29, 1.82) is 0 Å². The largest absolute Gasteiger partial charge is 0.462 e. The number of aromatic nitrogens is 1. The lowest BCUT2D eigenvalue weighted by Crippen LogP contribution is -2.09. The molecule has 120 valence electrons. The van der Waals surface area contributed by atoms with Gasteiger partial charge in [-0.25, -0.2) is 4.79 Å². The van der Waals surface area contributed by atoms with E-state index < -0.39 is 0 Å². The maximum atomic E-state index is 12.4. The Kier molecular flexibility index (Phi) is 5.36. The predicted octanol–water partition coefficient (Wildman–Crippen LogP) is 4.54. The Hall–Kier alpha value is -2.94. The van der Waals surface area contributed by atoms with Crippen LogP contribution in [0.1, 0.15) is 22.3 Å². The van der Waals surface area contributed by atoms with Crippen LogP contribution >= 0.6 is 0 Å². The lowest BCUT2D eigenvalue weighted by molar-refractivity contribution is 0.0501. The van der Waals surface area contributed by atoms with E-state index >= 15 is 0 Å². The van der Waals surface area contributed by atoms with Gasteiger partial charge in [0, 0.05) is 12.4 Å². The molecule has 3 nitrogen and oxygen atoms in total. The number of pyridine rings is 1. The van der Waals surface area contributed by atoms with E-state index in [9.17, 15) is 4.79 Å². The highest BCUT2D eigenvalue weighted by atomic mass is 16.5. The first-order chi connectivity index (χ1) is 11.8. The molecule has 0 fully saturated rings. The van der Waals surface area contributed by atoms with Crippen LogP contribution in [0, 0.1) is 0 Å². The quantitative estimate of drug-likeness (QED) is 0.495. The highest BCUT2D eigenvalue weighted by molar-refractivity contribution is 5.96. The first-order valence-corrected chi connectivity index (χ1v) is 8.05. The van der Waals surface area contributed by atoms with Gasteiger partial charge in [-0.05, 0) is 35.6 Å². The number of esters is 1. The van der Waals surface area contributed by atoms with Crippen molar-refractivity contribution in [2.45, 2.75) is 12.8 Å². The Labute approximate surface area is 142 Å². The number of hydrogen-bond donors (Lipinski definition) is 0. The Balaban J connectivity index is 1.61. The van der Waals surface area contributed by atoms with Crippen molar-refractivity contribution in [2.75, 3.05) is 6.61 Å². The fourth-order valence-corrected chi connectivity index (χ4v) is 2.59. The monoisotopic (exact) mass is 317 g/mol. The second-order valence-electron chi connectivity index (χ2n) is 5.51. The number of ether oxygens (including phenoxy) is 1. The van der Waals surface area contributed by atoms with E-state index in [0.29, 0.717) is 12.2 Å². The van der Waals surface area contributed by atoms with Crippen LogP contribution in [-0.4, -0.2) is 17.6 Å². The summed E-state index contributed by atoms with van der Waals surface area (Å²) in [5.74, 6) is -0.324. The fourth-order valence-electron chi connectivity index (χ4n) is 2.59. The molecule has 0 N–H and O–H groups in total. The molecule has 0 saturated heterocycles. The van der Waals surface area contributed by atoms with Crippen molar-refractivity contribution in [2.24, 2.45) is 0 Å². The molecule has 1 aromatic heterocycles. The van der Waals surface area contributed by atoms with Gasteiger partial charge in [-0.3, -0.25) is 4.98 Å². The van der Waals surface area contributed by atoms with Crippen molar-refractivity contribution >= 4 is 5.97 Å². The first kappa shape index (κ1) is 15.9. The lowest BCUT2D eigenvalue weighted by Gasteiger charge is -2.09. The van der Waals surface area contributed by atoms with Crippen molar-refractivity contribution < 1.29 is 9.53 Å². The average Bonchev–Trinajstić information content (AvgIpc) is 2.66. The number of hydrogen-bond acceptors (Lipinski definition) is 3. The van der Waals surface area contributed by atoms with E-state index in [4.69, 9.17) is 4.74 Å². The molecule has 0 aliphatic rings. The van der Waals surface area contributed by atoms with E-state index in [1.807, 2.05) is 54.6 Å². The van der Waals surface area contributed by atoms with Crippen LogP contribution in [0.2, 0.25) is 0 Å². The summed E-state index contributed by atoms with van der Waals surface area (Å²) in [7, 11) is 0. The van der Waals surface area contributed by atoms with Crippen LogP contribution in [0.15, 0.2) is 79.1 Å². The van der Waals surface area contributed by atoms with Gasteiger partial charge in [-0.15, -0.1) is 0 Å². The fraction of sp³-hybridized carbons (Fsp3) is 0.143. The van der Waals surface area contributed by atoms with Crippen LogP contribution in [0.25, 0.3) is 11.1 Å². The molecule has 2 aromatic carbocycles. The zero-order valence-electron chi connectivity index (χ0n) is 13.4. The van der Waals surface area contributed by atoms with Gasteiger partial charge >= 0.3 is 5.97 Å². The molecule has 3 rings (SSSR count). The van der Waals surface area contributed by atoms with Crippen LogP contribution < -0.4 is 0 Å². The maximum absolute atomic E-state index is 12.4. The normalized spacial score (nSPS) is 10.3. The molecule has 0 atom stereocenters. The van der Waals surface area contributed by atoms with Gasteiger partial charge in [-0.2, -0.15) is 0 Å². The van der Waals surface area contributed by atoms with Crippen molar-refractivity contribution in [3.05, 3.63) is 90.3 Å². The smallest absolute Gasteiger partial charge is 0.340 e. The molecule has 3 aromatic rings. The predicted molar refractivity (Wildman–Crippen MR) is 94.7 cm³/mol. The second-order valence-corrected chi connectivity index (χ2v) is 5.51. The molecule has 0 saturated carbocycles. The van der Waals surface area contributed by atoms with E-state index in [1.54, 1.807) is 12.4 Å². The maximum Gasteiger partial charge on any atom is 0.340 e. The molecule has 0 spiro atoms. The molecule has 0 bridgehead atoms. The summed E-state index contributed by atoms with van der Waals surface area (Å²) >= 11 is 0. The highest BCUT2D eigenvalue weighted by Crippen LogP contribution is 2.23. The summed E-state index contributed by atoms with van der Waals surface area (Å²) in [4.78, 5) is 16.5. The van der Waals surface area contributed by atoms with Gasteiger partial charge < -0.3 is 4.74 Å². The van der Waals surface area contributed by atoms with Gasteiger partial charge in [0.05, 0.1) is 12.2 Å². The molecule has 0 aliphatic carbocycles. The van der Waals surface area contributed by atoms with Gasteiger partial charge in [-0.1, -0.05) is 60.7 Å². The highest BCUT2D eigenvalue weighted by Gasteiger charge is 2.14. The summed E-state index contributed by atoms with van der Waals surface area (Å²) in [5, 5.41) is 0. The topological polar surface area (TPSA) is 39.2 Å².